The molecule has 0 aliphatic carbocycles. The molecule has 0 bridgehead atoms. The molecule has 0 fully saturated rings. The van der Waals surface area contributed by atoms with Crippen LogP contribution in [0.2, 0.25) is 0 Å². The van der Waals surface area contributed by atoms with Crippen LogP contribution in [0.15, 0.2) is 22.6 Å². The highest BCUT2D eigenvalue weighted by Crippen LogP contribution is 2.29. The van der Waals surface area contributed by atoms with Gasteiger partial charge in [-0.2, -0.15) is 0 Å². The lowest BCUT2D eigenvalue weighted by Crippen LogP contribution is -2.15. The Kier molecular flexibility index (Phi) is 3.53. The second-order valence-corrected chi connectivity index (χ2v) is 4.70. The number of aryl methyl sites for hydroxylation is 2. The van der Waals surface area contributed by atoms with Gasteiger partial charge in [-0.1, -0.05) is 25.5 Å². The van der Waals surface area contributed by atoms with Crippen LogP contribution in [0.1, 0.15) is 42.7 Å². The first kappa shape index (κ1) is 12.2. The first-order chi connectivity index (χ1) is 8.17. The maximum Gasteiger partial charge on any atom is 0.137 e. The molecule has 2 aromatic rings. The van der Waals surface area contributed by atoms with E-state index in [2.05, 4.69) is 44.3 Å². The van der Waals surface area contributed by atoms with E-state index < -0.39 is 0 Å². The van der Waals surface area contributed by atoms with E-state index in [9.17, 15) is 0 Å². The van der Waals surface area contributed by atoms with E-state index in [-0.39, 0.29) is 0 Å². The Morgan fingerprint density at radius 3 is 2.71 bits per heavy atom. The molecule has 1 atom stereocenters. The van der Waals surface area contributed by atoms with Gasteiger partial charge in [0, 0.05) is 5.39 Å². The largest absolute Gasteiger partial charge is 0.459 e. The first-order valence-electron chi connectivity index (χ1n) is 6.34. The number of hydrogen-bond donors (Lipinski definition) is 1. The van der Waals surface area contributed by atoms with E-state index in [1.807, 2.05) is 7.05 Å². The predicted octanol–water partition coefficient (Wildman–Crippen LogP) is 4.11. The second-order valence-electron chi connectivity index (χ2n) is 4.70. The third-order valence-corrected chi connectivity index (χ3v) is 3.49. The molecule has 0 saturated carbocycles. The molecule has 0 spiro atoms. The molecule has 1 aromatic heterocycles. The van der Waals surface area contributed by atoms with Crippen molar-refractivity contribution in [3.05, 3.63) is 35.1 Å². The van der Waals surface area contributed by atoms with E-state index in [1.54, 1.807) is 0 Å². The number of nitrogens with one attached hydrogen (secondary N) is 1. The molecule has 92 valence electrons. The molecular weight excluding hydrogens is 210 g/mol. The van der Waals surface area contributed by atoms with Gasteiger partial charge in [0.15, 0.2) is 0 Å². The zero-order valence-corrected chi connectivity index (χ0v) is 11.1. The third-order valence-electron chi connectivity index (χ3n) is 3.49. The average Bonchev–Trinajstić information content (AvgIpc) is 2.75. The van der Waals surface area contributed by atoms with Crippen LogP contribution in [0.3, 0.4) is 0 Å². The van der Waals surface area contributed by atoms with Crippen molar-refractivity contribution >= 4 is 11.0 Å². The fourth-order valence-corrected chi connectivity index (χ4v) is 2.25. The summed E-state index contributed by atoms with van der Waals surface area (Å²) >= 11 is 0. The normalized spacial score (nSPS) is 13.2. The Hall–Kier alpha value is -1.28. The topological polar surface area (TPSA) is 25.2 Å². The van der Waals surface area contributed by atoms with Crippen LogP contribution >= 0.6 is 0 Å². The van der Waals surface area contributed by atoms with E-state index in [0.717, 1.165) is 24.2 Å². The number of rotatable bonds is 4. The molecule has 0 radical (unpaired) electrons. The Bertz CT molecular complexity index is 513. The summed E-state index contributed by atoms with van der Waals surface area (Å²) in [6.45, 7) is 6.44. The van der Waals surface area contributed by atoms with Gasteiger partial charge in [0.05, 0.1) is 6.04 Å². The highest BCUT2D eigenvalue weighted by Gasteiger charge is 2.14. The molecule has 1 aromatic carbocycles. The fraction of sp³-hybridized carbons (Fsp3) is 0.467. The van der Waals surface area contributed by atoms with Gasteiger partial charge in [-0.25, -0.2) is 0 Å². The lowest BCUT2D eigenvalue weighted by molar-refractivity contribution is 0.429. The Labute approximate surface area is 103 Å². The zero-order chi connectivity index (χ0) is 12.4. The Morgan fingerprint density at radius 1 is 1.29 bits per heavy atom. The molecule has 2 rings (SSSR count). The summed E-state index contributed by atoms with van der Waals surface area (Å²) in [5.74, 6) is 1.05. The smallest absolute Gasteiger partial charge is 0.137 e. The lowest BCUT2D eigenvalue weighted by atomic mass is 10.1. The van der Waals surface area contributed by atoms with Crippen molar-refractivity contribution in [3.8, 4) is 0 Å². The maximum absolute atomic E-state index is 6.02. The minimum Gasteiger partial charge on any atom is -0.459 e. The molecule has 1 heterocycles. The quantitative estimate of drug-likeness (QED) is 0.856. The highest BCUT2D eigenvalue weighted by molar-refractivity contribution is 5.82. The van der Waals surface area contributed by atoms with Crippen LogP contribution in [0, 0.1) is 13.8 Å². The Morgan fingerprint density at radius 2 is 2.06 bits per heavy atom. The average molecular weight is 231 g/mol. The lowest BCUT2D eigenvalue weighted by Gasteiger charge is -2.11. The minimum atomic E-state index is 0.326. The zero-order valence-electron chi connectivity index (χ0n) is 11.1. The van der Waals surface area contributed by atoms with Crippen molar-refractivity contribution in [3.63, 3.8) is 0 Å². The van der Waals surface area contributed by atoms with Crippen LogP contribution in [-0.2, 0) is 0 Å². The van der Waals surface area contributed by atoms with Gasteiger partial charge in [0.2, 0.25) is 0 Å². The van der Waals surface area contributed by atoms with Crippen molar-refractivity contribution in [2.45, 2.75) is 39.7 Å². The number of benzene rings is 1. The van der Waals surface area contributed by atoms with Gasteiger partial charge in [-0.05, 0) is 44.5 Å². The van der Waals surface area contributed by atoms with Crippen molar-refractivity contribution in [1.82, 2.24) is 5.32 Å². The van der Waals surface area contributed by atoms with E-state index in [0.29, 0.717) is 6.04 Å². The Balaban J connectivity index is 2.47. The van der Waals surface area contributed by atoms with Crippen molar-refractivity contribution in [2.24, 2.45) is 0 Å². The highest BCUT2D eigenvalue weighted by atomic mass is 16.3. The molecule has 1 N–H and O–H groups in total. The van der Waals surface area contributed by atoms with Crippen LogP contribution in [0.25, 0.3) is 11.0 Å². The molecule has 0 amide bonds. The van der Waals surface area contributed by atoms with Gasteiger partial charge in [0.25, 0.3) is 0 Å². The predicted molar refractivity (Wildman–Crippen MR) is 72.4 cm³/mol. The van der Waals surface area contributed by atoms with Gasteiger partial charge < -0.3 is 9.73 Å². The van der Waals surface area contributed by atoms with E-state index in [1.165, 1.54) is 16.5 Å². The van der Waals surface area contributed by atoms with Crippen molar-refractivity contribution in [2.75, 3.05) is 7.05 Å². The molecule has 2 nitrogen and oxygen atoms in total. The monoisotopic (exact) mass is 231 g/mol. The molecule has 17 heavy (non-hydrogen) atoms. The summed E-state index contributed by atoms with van der Waals surface area (Å²) in [5.41, 5.74) is 3.58. The maximum atomic E-state index is 6.02. The first-order valence-corrected chi connectivity index (χ1v) is 6.34. The SMILES string of the molecule is CCCC(NC)c1cc2ccc(C)c(C)c2o1. The number of furan rings is 1. The van der Waals surface area contributed by atoms with E-state index in [4.69, 9.17) is 4.42 Å². The third kappa shape index (κ3) is 2.22. The van der Waals surface area contributed by atoms with Gasteiger partial charge in [-0.3, -0.25) is 0 Å². The summed E-state index contributed by atoms with van der Waals surface area (Å²) in [7, 11) is 1.99. The molecule has 0 aliphatic heterocycles. The second kappa shape index (κ2) is 4.92. The number of hydrogen-bond acceptors (Lipinski definition) is 2. The molecule has 2 heteroatoms. The van der Waals surface area contributed by atoms with Gasteiger partial charge in [-0.15, -0.1) is 0 Å². The van der Waals surface area contributed by atoms with Crippen LogP contribution < -0.4 is 5.32 Å². The summed E-state index contributed by atoms with van der Waals surface area (Å²) in [4.78, 5) is 0. The van der Waals surface area contributed by atoms with Crippen LogP contribution in [0.5, 0.6) is 0 Å². The van der Waals surface area contributed by atoms with Crippen molar-refractivity contribution in [1.29, 1.82) is 0 Å². The standard InChI is InChI=1S/C15H21NO/c1-5-6-13(16-4)14-9-12-8-7-10(2)11(3)15(12)17-14/h7-9,13,16H,5-6H2,1-4H3. The van der Waals surface area contributed by atoms with Gasteiger partial charge >= 0.3 is 0 Å². The summed E-state index contributed by atoms with van der Waals surface area (Å²) in [5, 5.41) is 4.53. The summed E-state index contributed by atoms with van der Waals surface area (Å²) in [6.07, 6.45) is 2.26. The van der Waals surface area contributed by atoms with E-state index >= 15 is 0 Å². The molecule has 0 aliphatic rings. The van der Waals surface area contributed by atoms with Gasteiger partial charge in [0.1, 0.15) is 11.3 Å². The van der Waals surface area contributed by atoms with Crippen LogP contribution in [-0.4, -0.2) is 7.05 Å². The molecule has 1 unspecified atom stereocenters. The molecule has 0 saturated heterocycles. The molecular formula is C15H21NO. The minimum absolute atomic E-state index is 0.326. The number of fused-ring (bicyclic) bond motifs is 1. The summed E-state index contributed by atoms with van der Waals surface area (Å²) in [6, 6.07) is 6.79. The fourth-order valence-electron chi connectivity index (χ4n) is 2.25. The van der Waals surface area contributed by atoms with Crippen molar-refractivity contribution < 1.29 is 4.42 Å². The summed E-state index contributed by atoms with van der Waals surface area (Å²) < 4.78 is 6.02. The van der Waals surface area contributed by atoms with Crippen LogP contribution in [0.4, 0.5) is 0 Å².